The summed E-state index contributed by atoms with van der Waals surface area (Å²) < 4.78 is 31.0. The Kier molecular flexibility index (Phi) is 7.36. The molecule has 2 aliphatic rings. The van der Waals surface area contributed by atoms with Crippen molar-refractivity contribution in [1.29, 1.82) is 0 Å². The van der Waals surface area contributed by atoms with E-state index in [-0.39, 0.29) is 29.0 Å². The molecule has 3 aromatic rings. The van der Waals surface area contributed by atoms with E-state index >= 15 is 0 Å². The molecule has 2 heterocycles. The van der Waals surface area contributed by atoms with Gasteiger partial charge >= 0.3 is 6.09 Å². The molecule has 39 heavy (non-hydrogen) atoms. The quantitative estimate of drug-likeness (QED) is 0.459. The van der Waals surface area contributed by atoms with Gasteiger partial charge in [-0.1, -0.05) is 48.0 Å². The van der Waals surface area contributed by atoms with Crippen molar-refractivity contribution in [2.75, 3.05) is 48.8 Å². The van der Waals surface area contributed by atoms with Crippen LogP contribution < -0.4 is 9.80 Å². The Labute approximate surface area is 229 Å². The zero-order valence-corrected chi connectivity index (χ0v) is 23.3. The smallest absolute Gasteiger partial charge is 0.414 e. The van der Waals surface area contributed by atoms with Crippen LogP contribution in [-0.4, -0.2) is 70.4 Å². The van der Waals surface area contributed by atoms with Crippen molar-refractivity contribution in [2.24, 2.45) is 0 Å². The summed E-state index contributed by atoms with van der Waals surface area (Å²) in [6.07, 6.45) is 1.12. The van der Waals surface area contributed by atoms with Gasteiger partial charge in [-0.2, -0.15) is 0 Å². The van der Waals surface area contributed by atoms with Crippen LogP contribution in [0.4, 0.5) is 16.2 Å². The molecular weight excluding hydrogens is 514 g/mol. The van der Waals surface area contributed by atoms with Crippen LogP contribution in [0.25, 0.3) is 0 Å². The van der Waals surface area contributed by atoms with Gasteiger partial charge in [0.05, 0.1) is 16.5 Å². The Morgan fingerprint density at radius 1 is 0.949 bits per heavy atom. The Morgan fingerprint density at radius 2 is 1.67 bits per heavy atom. The van der Waals surface area contributed by atoms with Crippen molar-refractivity contribution in [3.63, 3.8) is 0 Å². The van der Waals surface area contributed by atoms with Crippen LogP contribution in [0, 0.1) is 13.8 Å². The minimum Gasteiger partial charge on any atom is -0.447 e. The van der Waals surface area contributed by atoms with Crippen LogP contribution in [0.1, 0.15) is 27.0 Å². The van der Waals surface area contributed by atoms with E-state index in [0.29, 0.717) is 38.3 Å². The second kappa shape index (κ2) is 10.7. The maximum atomic E-state index is 13.6. The van der Waals surface area contributed by atoms with E-state index in [0.717, 1.165) is 17.5 Å². The lowest BCUT2D eigenvalue weighted by atomic mass is 10.0. The lowest BCUT2D eigenvalue weighted by Gasteiger charge is -2.37. The number of carbonyl (C=O) groups is 2. The highest BCUT2D eigenvalue weighted by molar-refractivity contribution is 7.90. The van der Waals surface area contributed by atoms with Crippen molar-refractivity contribution in [2.45, 2.75) is 31.2 Å². The van der Waals surface area contributed by atoms with Gasteiger partial charge in [0.25, 0.3) is 5.91 Å². The van der Waals surface area contributed by atoms with E-state index in [2.05, 4.69) is 36.9 Å². The third-order valence-corrected chi connectivity index (χ3v) is 8.55. The molecule has 204 valence electrons. The summed E-state index contributed by atoms with van der Waals surface area (Å²) in [4.78, 5) is 31.6. The monoisotopic (exact) mass is 547 g/mol. The summed E-state index contributed by atoms with van der Waals surface area (Å²) in [6, 6.07) is 20.4. The van der Waals surface area contributed by atoms with Crippen LogP contribution in [0.15, 0.2) is 71.6 Å². The summed E-state index contributed by atoms with van der Waals surface area (Å²) in [5, 5.41) is 0. The molecule has 2 fully saturated rings. The molecule has 9 heteroatoms. The van der Waals surface area contributed by atoms with Crippen molar-refractivity contribution in [3.8, 4) is 0 Å². The lowest BCUT2D eigenvalue weighted by molar-refractivity contribution is 0.0743. The largest absolute Gasteiger partial charge is 0.447 e. The number of cyclic esters (lactones) is 1. The number of amides is 2. The lowest BCUT2D eigenvalue weighted by Crippen LogP contribution is -2.49. The number of ether oxygens (including phenoxy) is 1. The summed E-state index contributed by atoms with van der Waals surface area (Å²) in [5.41, 5.74) is 5.10. The Morgan fingerprint density at radius 3 is 2.33 bits per heavy atom. The minimum atomic E-state index is -3.76. The predicted molar refractivity (Wildman–Crippen MR) is 151 cm³/mol. The van der Waals surface area contributed by atoms with Gasteiger partial charge in [-0.05, 0) is 55.7 Å². The molecule has 0 radical (unpaired) electrons. The fourth-order valence-electron chi connectivity index (χ4n) is 5.44. The van der Waals surface area contributed by atoms with Crippen molar-refractivity contribution in [3.05, 3.63) is 89.0 Å². The van der Waals surface area contributed by atoms with Gasteiger partial charge in [-0.25, -0.2) is 13.2 Å². The first-order chi connectivity index (χ1) is 18.6. The fourth-order valence-corrected chi connectivity index (χ4v) is 6.33. The average molecular weight is 548 g/mol. The summed E-state index contributed by atoms with van der Waals surface area (Å²) >= 11 is 0. The van der Waals surface area contributed by atoms with E-state index in [4.69, 9.17) is 4.74 Å². The minimum absolute atomic E-state index is 0.0834. The first-order valence-corrected chi connectivity index (χ1v) is 15.0. The molecule has 0 spiro atoms. The number of rotatable bonds is 6. The highest BCUT2D eigenvalue weighted by Crippen LogP contribution is 2.31. The van der Waals surface area contributed by atoms with Gasteiger partial charge in [-0.15, -0.1) is 0 Å². The molecule has 1 unspecified atom stereocenters. The maximum absolute atomic E-state index is 13.6. The molecule has 1 atom stereocenters. The van der Waals surface area contributed by atoms with Gasteiger partial charge in [0.1, 0.15) is 6.61 Å². The van der Waals surface area contributed by atoms with Gasteiger partial charge < -0.3 is 14.5 Å². The van der Waals surface area contributed by atoms with Crippen LogP contribution in [0.3, 0.4) is 0 Å². The van der Waals surface area contributed by atoms with E-state index in [1.54, 1.807) is 11.0 Å². The third-order valence-electron chi connectivity index (χ3n) is 7.41. The second-order valence-corrected chi connectivity index (χ2v) is 12.3. The molecule has 0 aliphatic carbocycles. The van der Waals surface area contributed by atoms with E-state index < -0.39 is 15.9 Å². The normalized spacial score (nSPS) is 17.9. The molecule has 0 saturated carbocycles. The summed E-state index contributed by atoms with van der Waals surface area (Å²) in [6.45, 7) is 6.62. The van der Waals surface area contributed by atoms with Gasteiger partial charge in [0.15, 0.2) is 9.84 Å². The number of hydrogen-bond donors (Lipinski definition) is 0. The molecule has 0 aromatic heterocycles. The van der Waals surface area contributed by atoms with Gasteiger partial charge in [0, 0.05) is 43.8 Å². The topological polar surface area (TPSA) is 87.2 Å². The molecule has 2 saturated heterocycles. The predicted octanol–water partition coefficient (Wildman–Crippen LogP) is 4.24. The number of carbonyl (C=O) groups excluding carboxylic acids is 2. The SMILES string of the molecule is Cc1ccc(N2CCN(C(=O)c3ccc(N4C(=O)OCC4Cc4ccccc4)cc3S(C)(=O)=O)CC2)c(C)c1. The molecule has 5 rings (SSSR count). The molecule has 2 aliphatic heterocycles. The van der Waals surface area contributed by atoms with Crippen LogP contribution in [0.5, 0.6) is 0 Å². The standard InChI is InChI=1S/C30H33N3O5S/c1-21-9-12-27(22(2)17-21)31-13-15-32(16-14-31)29(34)26-11-10-24(19-28(26)39(3,36)37)33-25(20-38-30(33)35)18-23-7-5-4-6-8-23/h4-12,17,19,25H,13-16,18,20H2,1-3H3. The number of benzene rings is 3. The number of nitrogens with zero attached hydrogens (tertiary/aromatic N) is 3. The van der Waals surface area contributed by atoms with Crippen LogP contribution >= 0.6 is 0 Å². The number of piperazine rings is 1. The van der Waals surface area contributed by atoms with E-state index in [9.17, 15) is 18.0 Å². The molecule has 8 nitrogen and oxygen atoms in total. The van der Waals surface area contributed by atoms with Gasteiger partial charge in [-0.3, -0.25) is 9.69 Å². The number of hydrogen-bond acceptors (Lipinski definition) is 6. The van der Waals surface area contributed by atoms with Crippen molar-refractivity contribution < 1.29 is 22.7 Å². The van der Waals surface area contributed by atoms with Crippen LogP contribution in [-0.2, 0) is 21.0 Å². The Balaban J connectivity index is 1.37. The Bertz CT molecular complexity index is 1500. The van der Waals surface area contributed by atoms with Crippen LogP contribution in [0.2, 0.25) is 0 Å². The van der Waals surface area contributed by atoms with Gasteiger partial charge in [0.2, 0.25) is 0 Å². The average Bonchev–Trinajstić information content (AvgIpc) is 3.27. The number of anilines is 2. The molecule has 0 bridgehead atoms. The first-order valence-electron chi connectivity index (χ1n) is 13.1. The highest BCUT2D eigenvalue weighted by Gasteiger charge is 2.36. The number of sulfone groups is 1. The second-order valence-electron chi connectivity index (χ2n) is 10.3. The number of aryl methyl sites for hydroxylation is 2. The first kappa shape index (κ1) is 26.7. The van der Waals surface area contributed by atoms with E-state index in [1.165, 1.54) is 28.2 Å². The molecule has 3 aromatic carbocycles. The zero-order valence-electron chi connectivity index (χ0n) is 22.5. The summed E-state index contributed by atoms with van der Waals surface area (Å²) in [7, 11) is -3.76. The fraction of sp³-hybridized carbons (Fsp3) is 0.333. The zero-order chi connectivity index (χ0) is 27.7. The molecular formula is C30H33N3O5S. The highest BCUT2D eigenvalue weighted by atomic mass is 32.2. The molecule has 0 N–H and O–H groups in total. The Hall–Kier alpha value is -3.85. The molecule has 2 amide bonds. The maximum Gasteiger partial charge on any atom is 0.414 e. The van der Waals surface area contributed by atoms with E-state index in [1.807, 2.05) is 30.3 Å². The van der Waals surface area contributed by atoms with Crippen molar-refractivity contribution >= 4 is 33.2 Å². The third kappa shape index (κ3) is 5.63. The van der Waals surface area contributed by atoms with Crippen molar-refractivity contribution in [1.82, 2.24) is 4.90 Å². The summed E-state index contributed by atoms with van der Waals surface area (Å²) in [5.74, 6) is -0.327.